The molecule has 0 unspecified atom stereocenters. The van der Waals surface area contributed by atoms with Crippen molar-refractivity contribution in [3.8, 4) is 5.69 Å². The molecule has 0 fully saturated rings. The Morgan fingerprint density at radius 2 is 1.57 bits per heavy atom. The molecule has 1 aromatic heterocycles. The molecule has 0 saturated carbocycles. The van der Waals surface area contributed by atoms with Gasteiger partial charge in [0, 0.05) is 17.7 Å². The molecule has 5 heteroatoms. The summed E-state index contributed by atoms with van der Waals surface area (Å²) in [5.74, 6) is 1.26. The van der Waals surface area contributed by atoms with E-state index in [2.05, 4.69) is 58.9 Å². The van der Waals surface area contributed by atoms with Gasteiger partial charge in [-0.15, -0.1) is 10.2 Å². The lowest BCUT2D eigenvalue weighted by Crippen LogP contribution is -2.07. The molecule has 4 nitrogen and oxygen atoms in total. The molecule has 30 heavy (non-hydrogen) atoms. The van der Waals surface area contributed by atoms with Crippen molar-refractivity contribution in [2.75, 3.05) is 5.75 Å². The van der Waals surface area contributed by atoms with E-state index >= 15 is 0 Å². The van der Waals surface area contributed by atoms with Crippen molar-refractivity contribution < 1.29 is 4.79 Å². The number of ketones is 1. The van der Waals surface area contributed by atoms with Crippen LogP contribution in [0.25, 0.3) is 5.69 Å². The predicted octanol–water partition coefficient (Wildman–Crippen LogP) is 5.45. The highest BCUT2D eigenvalue weighted by Gasteiger charge is 2.17. The SMILES string of the molecule is Cc1ccc(-n2c(Cc3ccccc3)nnc2SCC(=O)c2ccccc2)cc1C. The van der Waals surface area contributed by atoms with Gasteiger partial charge < -0.3 is 0 Å². The molecule has 0 aliphatic carbocycles. The van der Waals surface area contributed by atoms with E-state index in [4.69, 9.17) is 0 Å². The van der Waals surface area contributed by atoms with Crippen LogP contribution in [-0.2, 0) is 6.42 Å². The molecule has 4 aromatic rings. The molecule has 0 N–H and O–H groups in total. The zero-order chi connectivity index (χ0) is 20.9. The summed E-state index contributed by atoms with van der Waals surface area (Å²) in [5.41, 5.74) is 5.36. The number of aromatic nitrogens is 3. The van der Waals surface area contributed by atoms with Crippen molar-refractivity contribution in [2.24, 2.45) is 0 Å². The molecular formula is C25H23N3OS. The summed E-state index contributed by atoms with van der Waals surface area (Å²) in [6.07, 6.45) is 0.675. The number of benzene rings is 3. The first-order valence-electron chi connectivity index (χ1n) is 9.89. The van der Waals surface area contributed by atoms with Crippen LogP contribution in [0.3, 0.4) is 0 Å². The molecule has 0 amide bonds. The third-order valence-corrected chi connectivity index (χ3v) is 6.01. The zero-order valence-corrected chi connectivity index (χ0v) is 17.9. The zero-order valence-electron chi connectivity index (χ0n) is 17.1. The van der Waals surface area contributed by atoms with Gasteiger partial charge in [0.1, 0.15) is 5.82 Å². The first-order valence-corrected chi connectivity index (χ1v) is 10.9. The fraction of sp³-hybridized carbons (Fsp3) is 0.160. The lowest BCUT2D eigenvalue weighted by Gasteiger charge is -2.12. The summed E-state index contributed by atoms with van der Waals surface area (Å²) in [6, 6.07) is 26.0. The van der Waals surface area contributed by atoms with Crippen molar-refractivity contribution in [2.45, 2.75) is 25.4 Å². The highest BCUT2D eigenvalue weighted by atomic mass is 32.2. The Morgan fingerprint density at radius 3 is 2.27 bits per heavy atom. The summed E-state index contributed by atoms with van der Waals surface area (Å²) in [5, 5.41) is 9.63. The third-order valence-electron chi connectivity index (χ3n) is 5.08. The van der Waals surface area contributed by atoms with Crippen LogP contribution in [0, 0.1) is 13.8 Å². The van der Waals surface area contributed by atoms with Crippen LogP contribution >= 0.6 is 11.8 Å². The van der Waals surface area contributed by atoms with Crippen molar-refractivity contribution >= 4 is 17.5 Å². The van der Waals surface area contributed by atoms with E-state index in [0.29, 0.717) is 17.7 Å². The summed E-state index contributed by atoms with van der Waals surface area (Å²) in [6.45, 7) is 4.20. The quantitative estimate of drug-likeness (QED) is 0.299. The fourth-order valence-electron chi connectivity index (χ4n) is 3.25. The second-order valence-electron chi connectivity index (χ2n) is 7.24. The van der Waals surface area contributed by atoms with Crippen molar-refractivity contribution in [1.82, 2.24) is 14.8 Å². The number of Topliss-reactive ketones (excluding diaryl/α,β-unsaturated/α-hetero) is 1. The van der Waals surface area contributed by atoms with E-state index in [1.165, 1.54) is 28.5 Å². The van der Waals surface area contributed by atoms with Gasteiger partial charge in [-0.25, -0.2) is 0 Å². The molecule has 0 spiro atoms. The van der Waals surface area contributed by atoms with E-state index in [0.717, 1.165) is 16.7 Å². The van der Waals surface area contributed by atoms with Crippen LogP contribution in [0.15, 0.2) is 84.0 Å². The lowest BCUT2D eigenvalue weighted by molar-refractivity contribution is 0.102. The van der Waals surface area contributed by atoms with E-state index in [9.17, 15) is 4.79 Å². The summed E-state index contributed by atoms with van der Waals surface area (Å²) in [4.78, 5) is 12.6. The average Bonchev–Trinajstić information content (AvgIpc) is 3.17. The largest absolute Gasteiger partial charge is 0.293 e. The maximum absolute atomic E-state index is 12.6. The highest BCUT2D eigenvalue weighted by Crippen LogP contribution is 2.25. The molecule has 0 aliphatic heterocycles. The minimum atomic E-state index is 0.0832. The molecule has 0 atom stereocenters. The minimum absolute atomic E-state index is 0.0832. The number of aryl methyl sites for hydroxylation is 2. The average molecular weight is 414 g/mol. The molecule has 0 aliphatic rings. The number of thioether (sulfide) groups is 1. The van der Waals surface area contributed by atoms with E-state index in [-0.39, 0.29) is 5.78 Å². The first-order chi connectivity index (χ1) is 14.6. The number of hydrogen-bond acceptors (Lipinski definition) is 4. The van der Waals surface area contributed by atoms with Crippen LogP contribution in [0.4, 0.5) is 0 Å². The Morgan fingerprint density at radius 1 is 0.867 bits per heavy atom. The summed E-state index contributed by atoms with van der Waals surface area (Å²) >= 11 is 1.43. The standard InChI is InChI=1S/C25H23N3OS/c1-18-13-14-22(15-19(18)2)28-24(16-20-9-5-3-6-10-20)26-27-25(28)30-17-23(29)21-11-7-4-8-12-21/h3-15H,16-17H2,1-2H3. The molecule has 150 valence electrons. The normalized spacial score (nSPS) is 10.9. The maximum Gasteiger partial charge on any atom is 0.196 e. The Balaban J connectivity index is 1.65. The molecular weight excluding hydrogens is 390 g/mol. The number of hydrogen-bond donors (Lipinski definition) is 0. The number of carbonyl (C=O) groups excluding carboxylic acids is 1. The molecule has 4 rings (SSSR count). The third kappa shape index (κ3) is 4.52. The van der Waals surface area contributed by atoms with Crippen molar-refractivity contribution in [3.63, 3.8) is 0 Å². The number of rotatable bonds is 7. The molecule has 1 heterocycles. The van der Waals surface area contributed by atoms with E-state index < -0.39 is 0 Å². The van der Waals surface area contributed by atoms with Gasteiger partial charge >= 0.3 is 0 Å². The Bertz CT molecular complexity index is 1150. The number of nitrogens with zero attached hydrogens (tertiary/aromatic N) is 3. The second-order valence-corrected chi connectivity index (χ2v) is 8.19. The van der Waals surface area contributed by atoms with E-state index in [1.807, 2.05) is 48.5 Å². The number of carbonyl (C=O) groups is 1. The summed E-state index contributed by atoms with van der Waals surface area (Å²) < 4.78 is 2.07. The lowest BCUT2D eigenvalue weighted by atomic mass is 10.1. The highest BCUT2D eigenvalue weighted by molar-refractivity contribution is 7.99. The van der Waals surface area contributed by atoms with Gasteiger partial charge in [-0.3, -0.25) is 9.36 Å². The minimum Gasteiger partial charge on any atom is -0.293 e. The van der Waals surface area contributed by atoms with Crippen LogP contribution in [0.5, 0.6) is 0 Å². The summed E-state index contributed by atoms with van der Waals surface area (Å²) in [7, 11) is 0. The smallest absolute Gasteiger partial charge is 0.196 e. The van der Waals surface area contributed by atoms with Crippen LogP contribution in [-0.4, -0.2) is 26.3 Å². The predicted molar refractivity (Wildman–Crippen MR) is 122 cm³/mol. The van der Waals surface area contributed by atoms with Gasteiger partial charge in [0.05, 0.1) is 5.75 Å². The fourth-order valence-corrected chi connectivity index (χ4v) is 4.11. The van der Waals surface area contributed by atoms with Gasteiger partial charge in [-0.05, 0) is 42.7 Å². The molecule has 0 radical (unpaired) electrons. The van der Waals surface area contributed by atoms with Gasteiger partial charge in [0.15, 0.2) is 10.9 Å². The van der Waals surface area contributed by atoms with Gasteiger partial charge in [0.25, 0.3) is 0 Å². The monoisotopic (exact) mass is 413 g/mol. The van der Waals surface area contributed by atoms with Gasteiger partial charge in [-0.2, -0.15) is 0 Å². The molecule has 3 aromatic carbocycles. The Labute approximate surface area is 181 Å². The topological polar surface area (TPSA) is 47.8 Å². The Hall–Kier alpha value is -3.18. The van der Waals surface area contributed by atoms with Crippen LogP contribution < -0.4 is 0 Å². The van der Waals surface area contributed by atoms with Crippen LogP contribution in [0.2, 0.25) is 0 Å². The maximum atomic E-state index is 12.6. The second kappa shape index (κ2) is 9.09. The first kappa shape index (κ1) is 20.1. The molecule has 0 saturated heterocycles. The molecule has 0 bridgehead atoms. The van der Waals surface area contributed by atoms with Crippen molar-refractivity contribution in [1.29, 1.82) is 0 Å². The van der Waals surface area contributed by atoms with Gasteiger partial charge in [0.2, 0.25) is 0 Å². The Kier molecular flexibility index (Phi) is 6.10. The van der Waals surface area contributed by atoms with Gasteiger partial charge in [-0.1, -0.05) is 78.5 Å². The van der Waals surface area contributed by atoms with Crippen LogP contribution in [0.1, 0.15) is 32.9 Å². The van der Waals surface area contributed by atoms with Crippen molar-refractivity contribution in [3.05, 3.63) is 107 Å². The van der Waals surface area contributed by atoms with E-state index in [1.54, 1.807) is 0 Å².